The van der Waals surface area contributed by atoms with Crippen LogP contribution in [0.3, 0.4) is 0 Å². The number of nitrogens with zero attached hydrogens (tertiary/aromatic N) is 1. The molecule has 1 aromatic carbocycles. The summed E-state index contributed by atoms with van der Waals surface area (Å²) < 4.78 is 18.8. The SMILES string of the molecule is CCN(CC)CCOc1c(F)cccc1C=O. The number of hydrogen-bond acceptors (Lipinski definition) is 3. The zero-order chi connectivity index (χ0) is 12.7. The van der Waals surface area contributed by atoms with E-state index in [1.54, 1.807) is 6.07 Å². The first-order chi connectivity index (χ1) is 8.22. The first-order valence-electron chi connectivity index (χ1n) is 5.81. The fraction of sp³-hybridized carbons (Fsp3) is 0.462. The highest BCUT2D eigenvalue weighted by molar-refractivity contribution is 5.79. The Bertz CT molecular complexity index is 364. The summed E-state index contributed by atoms with van der Waals surface area (Å²) >= 11 is 0. The molecule has 0 heterocycles. The van der Waals surface area contributed by atoms with Crippen molar-refractivity contribution in [1.82, 2.24) is 4.90 Å². The van der Waals surface area contributed by atoms with Crippen LogP contribution in [0.5, 0.6) is 5.75 Å². The molecule has 17 heavy (non-hydrogen) atoms. The molecule has 0 amide bonds. The Morgan fingerprint density at radius 1 is 1.35 bits per heavy atom. The smallest absolute Gasteiger partial charge is 0.165 e. The number of para-hydroxylation sites is 1. The van der Waals surface area contributed by atoms with E-state index in [1.807, 2.05) is 0 Å². The number of carbonyl (C=O) groups is 1. The highest BCUT2D eigenvalue weighted by atomic mass is 19.1. The molecule has 0 aliphatic carbocycles. The lowest BCUT2D eigenvalue weighted by atomic mass is 10.2. The van der Waals surface area contributed by atoms with E-state index in [9.17, 15) is 9.18 Å². The molecule has 0 N–H and O–H groups in total. The summed E-state index contributed by atoms with van der Waals surface area (Å²) in [5, 5.41) is 0. The highest BCUT2D eigenvalue weighted by Gasteiger charge is 2.09. The number of ether oxygens (including phenoxy) is 1. The van der Waals surface area contributed by atoms with Gasteiger partial charge in [-0.1, -0.05) is 19.9 Å². The largest absolute Gasteiger partial charge is 0.488 e. The predicted octanol–water partition coefficient (Wildman–Crippen LogP) is 2.36. The number of benzene rings is 1. The predicted molar refractivity (Wildman–Crippen MR) is 65.1 cm³/mol. The van der Waals surface area contributed by atoms with Gasteiger partial charge in [0.1, 0.15) is 6.61 Å². The fourth-order valence-electron chi connectivity index (χ4n) is 1.59. The van der Waals surface area contributed by atoms with Gasteiger partial charge in [-0.05, 0) is 25.2 Å². The number of rotatable bonds is 7. The number of carbonyl (C=O) groups excluding carboxylic acids is 1. The minimum Gasteiger partial charge on any atom is -0.488 e. The van der Waals surface area contributed by atoms with Crippen LogP contribution in [0, 0.1) is 5.82 Å². The third-order valence-corrected chi connectivity index (χ3v) is 2.67. The van der Waals surface area contributed by atoms with Gasteiger partial charge in [0.2, 0.25) is 0 Å². The summed E-state index contributed by atoms with van der Waals surface area (Å²) in [7, 11) is 0. The molecule has 0 unspecified atom stereocenters. The third-order valence-electron chi connectivity index (χ3n) is 2.67. The van der Waals surface area contributed by atoms with Crippen LogP contribution in [-0.4, -0.2) is 37.4 Å². The van der Waals surface area contributed by atoms with Gasteiger partial charge in [0.15, 0.2) is 17.9 Å². The molecule has 3 nitrogen and oxygen atoms in total. The fourth-order valence-corrected chi connectivity index (χ4v) is 1.59. The zero-order valence-electron chi connectivity index (χ0n) is 10.3. The van der Waals surface area contributed by atoms with Gasteiger partial charge in [-0.2, -0.15) is 0 Å². The van der Waals surface area contributed by atoms with Gasteiger partial charge >= 0.3 is 0 Å². The maximum Gasteiger partial charge on any atom is 0.165 e. The van der Waals surface area contributed by atoms with Crippen LogP contribution in [0.15, 0.2) is 18.2 Å². The molecule has 0 fully saturated rings. The van der Waals surface area contributed by atoms with Crippen LogP contribution in [0.25, 0.3) is 0 Å². The average Bonchev–Trinajstić information content (AvgIpc) is 2.36. The van der Waals surface area contributed by atoms with Crippen molar-refractivity contribution in [1.29, 1.82) is 0 Å². The monoisotopic (exact) mass is 239 g/mol. The van der Waals surface area contributed by atoms with Crippen molar-refractivity contribution in [2.24, 2.45) is 0 Å². The topological polar surface area (TPSA) is 29.5 Å². The molecule has 0 saturated carbocycles. The second-order valence-electron chi connectivity index (χ2n) is 3.65. The van der Waals surface area contributed by atoms with E-state index in [4.69, 9.17) is 4.74 Å². The zero-order valence-corrected chi connectivity index (χ0v) is 10.3. The molecule has 0 spiro atoms. The Hall–Kier alpha value is -1.42. The normalized spacial score (nSPS) is 10.6. The van der Waals surface area contributed by atoms with Crippen LogP contribution in [-0.2, 0) is 0 Å². The Kier molecular flexibility index (Phi) is 5.63. The van der Waals surface area contributed by atoms with Gasteiger partial charge in [0.05, 0.1) is 5.56 Å². The van der Waals surface area contributed by atoms with Gasteiger partial charge in [0, 0.05) is 6.54 Å². The summed E-state index contributed by atoms with van der Waals surface area (Å²) in [6.07, 6.45) is 0.607. The molecule has 0 radical (unpaired) electrons. The summed E-state index contributed by atoms with van der Waals surface area (Å²) in [6.45, 7) is 7.07. The number of halogens is 1. The molecule has 1 rings (SSSR count). The van der Waals surface area contributed by atoms with E-state index in [-0.39, 0.29) is 11.3 Å². The lowest BCUT2D eigenvalue weighted by Crippen LogP contribution is -2.28. The molecule has 0 saturated heterocycles. The van der Waals surface area contributed by atoms with Gasteiger partial charge in [-0.3, -0.25) is 4.79 Å². The molecule has 0 aromatic heterocycles. The van der Waals surface area contributed by atoms with Crippen molar-refractivity contribution in [3.05, 3.63) is 29.6 Å². The molecule has 0 aliphatic rings. The quantitative estimate of drug-likeness (QED) is 0.684. The van der Waals surface area contributed by atoms with Crippen LogP contribution < -0.4 is 4.74 Å². The van der Waals surface area contributed by atoms with Crippen LogP contribution in [0.2, 0.25) is 0 Å². The van der Waals surface area contributed by atoms with Crippen molar-refractivity contribution in [3.63, 3.8) is 0 Å². The molecule has 0 aliphatic heterocycles. The van der Waals surface area contributed by atoms with Gasteiger partial charge in [-0.25, -0.2) is 4.39 Å². The minimum absolute atomic E-state index is 0.0506. The van der Waals surface area contributed by atoms with Crippen molar-refractivity contribution >= 4 is 6.29 Å². The summed E-state index contributed by atoms with van der Waals surface area (Å²) in [6, 6.07) is 4.33. The van der Waals surface area contributed by atoms with E-state index in [1.165, 1.54) is 12.1 Å². The molecule has 0 atom stereocenters. The van der Waals surface area contributed by atoms with Crippen LogP contribution in [0.1, 0.15) is 24.2 Å². The maximum absolute atomic E-state index is 13.4. The lowest BCUT2D eigenvalue weighted by molar-refractivity contribution is 0.111. The molecule has 94 valence electrons. The molecule has 4 heteroatoms. The summed E-state index contributed by atoms with van der Waals surface area (Å²) in [4.78, 5) is 12.9. The minimum atomic E-state index is -0.492. The van der Waals surface area contributed by atoms with E-state index >= 15 is 0 Å². The second-order valence-corrected chi connectivity index (χ2v) is 3.65. The Morgan fingerprint density at radius 2 is 2.06 bits per heavy atom. The van der Waals surface area contributed by atoms with Crippen molar-refractivity contribution in [2.75, 3.05) is 26.2 Å². The van der Waals surface area contributed by atoms with E-state index < -0.39 is 5.82 Å². The lowest BCUT2D eigenvalue weighted by Gasteiger charge is -2.18. The number of hydrogen-bond donors (Lipinski definition) is 0. The first kappa shape index (κ1) is 13.6. The molecular formula is C13H18FNO2. The third kappa shape index (κ3) is 3.82. The standard InChI is InChI=1S/C13H18FNO2/c1-3-15(4-2)8-9-17-13-11(10-16)6-5-7-12(13)14/h5-7,10H,3-4,8-9H2,1-2H3. The average molecular weight is 239 g/mol. The number of likely N-dealkylation sites (N-methyl/N-ethyl adjacent to an activating group) is 1. The van der Waals surface area contributed by atoms with E-state index in [0.717, 1.165) is 19.6 Å². The van der Waals surface area contributed by atoms with Crippen molar-refractivity contribution in [3.8, 4) is 5.75 Å². The van der Waals surface area contributed by atoms with Crippen LogP contribution in [0.4, 0.5) is 4.39 Å². The van der Waals surface area contributed by atoms with Crippen molar-refractivity contribution in [2.45, 2.75) is 13.8 Å². The van der Waals surface area contributed by atoms with Gasteiger partial charge in [-0.15, -0.1) is 0 Å². The Morgan fingerprint density at radius 3 is 2.65 bits per heavy atom. The van der Waals surface area contributed by atoms with Crippen molar-refractivity contribution < 1.29 is 13.9 Å². The van der Waals surface area contributed by atoms with Crippen LogP contribution >= 0.6 is 0 Å². The molecular weight excluding hydrogens is 221 g/mol. The molecule has 0 bridgehead atoms. The van der Waals surface area contributed by atoms with E-state index in [0.29, 0.717) is 12.9 Å². The highest BCUT2D eigenvalue weighted by Crippen LogP contribution is 2.20. The van der Waals surface area contributed by atoms with Gasteiger partial charge in [0.25, 0.3) is 0 Å². The second kappa shape index (κ2) is 7.01. The summed E-state index contributed by atoms with van der Waals surface area (Å²) in [5.41, 5.74) is 0.254. The maximum atomic E-state index is 13.4. The first-order valence-corrected chi connectivity index (χ1v) is 5.81. The van der Waals surface area contributed by atoms with Gasteiger partial charge < -0.3 is 9.64 Å². The Labute approximate surface area is 101 Å². The Balaban J connectivity index is 2.59. The summed E-state index contributed by atoms with van der Waals surface area (Å²) in [5.74, 6) is -0.441. The van der Waals surface area contributed by atoms with E-state index in [2.05, 4.69) is 18.7 Å². The number of aldehydes is 1. The molecule has 1 aromatic rings.